The summed E-state index contributed by atoms with van der Waals surface area (Å²) in [6, 6.07) is 11.3. The van der Waals surface area contributed by atoms with Crippen LogP contribution in [0.25, 0.3) is 5.69 Å². The summed E-state index contributed by atoms with van der Waals surface area (Å²) in [7, 11) is 3.12. The zero-order valence-corrected chi connectivity index (χ0v) is 14.4. The molecule has 0 spiro atoms. The Labute approximate surface area is 150 Å². The number of hydrogen-bond acceptors (Lipinski definition) is 4. The van der Waals surface area contributed by atoms with Crippen molar-refractivity contribution in [3.05, 3.63) is 72.1 Å². The van der Waals surface area contributed by atoms with Crippen LogP contribution in [0.2, 0.25) is 0 Å². The Bertz CT molecular complexity index is 907. The van der Waals surface area contributed by atoms with E-state index in [1.165, 1.54) is 24.7 Å². The molecule has 1 aromatic heterocycles. The first kappa shape index (κ1) is 17.5. The Hall–Kier alpha value is -3.35. The highest BCUT2D eigenvalue weighted by Gasteiger charge is 2.13. The van der Waals surface area contributed by atoms with Crippen molar-refractivity contribution in [2.24, 2.45) is 0 Å². The summed E-state index contributed by atoms with van der Waals surface area (Å²) in [6.45, 7) is 0.313. The number of nitrogens with one attached hydrogen (secondary N) is 1. The van der Waals surface area contributed by atoms with Gasteiger partial charge in [0, 0.05) is 12.2 Å². The summed E-state index contributed by atoms with van der Waals surface area (Å²) >= 11 is 0. The first-order chi connectivity index (χ1) is 12.6. The van der Waals surface area contributed by atoms with Crippen molar-refractivity contribution in [1.29, 1.82) is 0 Å². The topological polar surface area (TPSA) is 65.4 Å². The van der Waals surface area contributed by atoms with Crippen LogP contribution in [-0.2, 0) is 6.54 Å². The van der Waals surface area contributed by atoms with Gasteiger partial charge in [0.05, 0.1) is 26.7 Å². The quantitative estimate of drug-likeness (QED) is 0.738. The normalized spacial score (nSPS) is 10.4. The number of amides is 1. The Balaban J connectivity index is 1.74. The molecule has 0 aliphatic heterocycles. The van der Waals surface area contributed by atoms with Gasteiger partial charge in [-0.25, -0.2) is 9.37 Å². The molecule has 0 unspecified atom stereocenters. The summed E-state index contributed by atoms with van der Waals surface area (Å²) in [5.74, 6) is 0.586. The average molecular weight is 355 g/mol. The Morgan fingerprint density at radius 3 is 2.54 bits per heavy atom. The second-order valence-electron chi connectivity index (χ2n) is 5.50. The summed E-state index contributed by atoms with van der Waals surface area (Å²) in [6.07, 6.45) is 2.98. The fraction of sp³-hybridized carbons (Fsp3) is 0.158. The van der Waals surface area contributed by atoms with Gasteiger partial charge >= 0.3 is 0 Å². The van der Waals surface area contributed by atoms with Crippen LogP contribution < -0.4 is 14.8 Å². The van der Waals surface area contributed by atoms with Crippen molar-refractivity contribution in [3.8, 4) is 17.2 Å². The summed E-state index contributed by atoms with van der Waals surface area (Å²) in [5.41, 5.74) is 1.88. The highest BCUT2D eigenvalue weighted by atomic mass is 19.1. The Kier molecular flexibility index (Phi) is 5.17. The van der Waals surface area contributed by atoms with Crippen LogP contribution in [-0.4, -0.2) is 29.7 Å². The van der Waals surface area contributed by atoms with Crippen molar-refractivity contribution in [2.45, 2.75) is 6.54 Å². The number of carbonyl (C=O) groups is 1. The maximum absolute atomic E-state index is 13.1. The van der Waals surface area contributed by atoms with E-state index in [2.05, 4.69) is 10.3 Å². The number of carbonyl (C=O) groups excluding carboxylic acids is 1. The van der Waals surface area contributed by atoms with Crippen molar-refractivity contribution < 1.29 is 18.7 Å². The third kappa shape index (κ3) is 3.66. The van der Waals surface area contributed by atoms with E-state index in [9.17, 15) is 9.18 Å². The highest BCUT2D eigenvalue weighted by Crippen LogP contribution is 2.27. The van der Waals surface area contributed by atoms with Crippen molar-refractivity contribution in [1.82, 2.24) is 14.9 Å². The smallest absolute Gasteiger partial charge is 0.270 e. The first-order valence-electron chi connectivity index (χ1n) is 7.89. The van der Waals surface area contributed by atoms with Crippen LogP contribution >= 0.6 is 0 Å². The summed E-state index contributed by atoms with van der Waals surface area (Å²) in [4.78, 5) is 16.5. The number of halogens is 1. The zero-order chi connectivity index (χ0) is 18.5. The number of ether oxygens (including phenoxy) is 2. The molecular weight excluding hydrogens is 337 g/mol. The molecule has 0 atom stereocenters. The lowest BCUT2D eigenvalue weighted by Gasteiger charge is -2.11. The van der Waals surface area contributed by atoms with Crippen LogP contribution in [0.1, 0.15) is 16.1 Å². The second kappa shape index (κ2) is 7.69. The minimum absolute atomic E-state index is 0.290. The lowest BCUT2D eigenvalue weighted by molar-refractivity contribution is 0.0944. The molecule has 0 aliphatic rings. The van der Waals surface area contributed by atoms with Crippen LogP contribution in [0.3, 0.4) is 0 Å². The standard InChI is InChI=1S/C19H18FN3O3/c1-25-17-8-3-13(9-18(17)26-2)10-22-19(24)16-11-21-12-23(16)15-6-4-14(20)5-7-15/h3-9,11-12H,10H2,1-2H3,(H,22,24). The highest BCUT2D eigenvalue weighted by molar-refractivity contribution is 5.92. The first-order valence-corrected chi connectivity index (χ1v) is 7.89. The minimum Gasteiger partial charge on any atom is -0.493 e. The Morgan fingerprint density at radius 2 is 1.85 bits per heavy atom. The van der Waals surface area contributed by atoms with Crippen LogP contribution in [0.15, 0.2) is 55.0 Å². The van der Waals surface area contributed by atoms with Gasteiger partial charge in [-0.2, -0.15) is 0 Å². The molecule has 3 rings (SSSR count). The van der Waals surface area contributed by atoms with E-state index in [1.807, 2.05) is 6.07 Å². The number of nitrogens with zero attached hydrogens (tertiary/aromatic N) is 2. The van der Waals surface area contributed by atoms with Gasteiger partial charge in [-0.05, 0) is 42.0 Å². The molecule has 0 fully saturated rings. The lowest BCUT2D eigenvalue weighted by Crippen LogP contribution is -2.25. The molecular formula is C19H18FN3O3. The maximum atomic E-state index is 13.1. The SMILES string of the molecule is COc1ccc(CNC(=O)c2cncn2-c2ccc(F)cc2)cc1OC. The molecule has 0 saturated heterocycles. The predicted molar refractivity (Wildman–Crippen MR) is 94.2 cm³/mol. The van der Waals surface area contributed by atoms with Crippen molar-refractivity contribution in [3.63, 3.8) is 0 Å². The van der Waals surface area contributed by atoms with Crippen LogP contribution in [0.4, 0.5) is 4.39 Å². The second-order valence-corrected chi connectivity index (χ2v) is 5.50. The van der Waals surface area contributed by atoms with Gasteiger partial charge in [0.1, 0.15) is 11.5 Å². The van der Waals surface area contributed by atoms with Gasteiger partial charge < -0.3 is 14.8 Å². The van der Waals surface area contributed by atoms with Gasteiger partial charge in [0.25, 0.3) is 5.91 Å². The maximum Gasteiger partial charge on any atom is 0.270 e. The third-order valence-electron chi connectivity index (χ3n) is 3.88. The van der Waals surface area contributed by atoms with Gasteiger partial charge in [0.15, 0.2) is 11.5 Å². The molecule has 2 aromatic carbocycles. The van der Waals surface area contributed by atoms with E-state index < -0.39 is 0 Å². The summed E-state index contributed by atoms with van der Waals surface area (Å²) < 4.78 is 25.1. The largest absolute Gasteiger partial charge is 0.493 e. The zero-order valence-electron chi connectivity index (χ0n) is 14.4. The molecule has 0 bridgehead atoms. The monoisotopic (exact) mass is 355 g/mol. The van der Waals surface area contributed by atoms with Crippen LogP contribution in [0.5, 0.6) is 11.5 Å². The number of benzene rings is 2. The lowest BCUT2D eigenvalue weighted by atomic mass is 10.2. The van der Waals surface area contributed by atoms with E-state index in [0.717, 1.165) is 5.56 Å². The van der Waals surface area contributed by atoms with E-state index in [0.29, 0.717) is 29.4 Å². The Morgan fingerprint density at radius 1 is 1.12 bits per heavy atom. The minimum atomic E-state index is -0.340. The molecule has 7 heteroatoms. The van der Waals surface area contributed by atoms with Gasteiger partial charge in [-0.1, -0.05) is 6.07 Å². The third-order valence-corrected chi connectivity index (χ3v) is 3.88. The number of hydrogen-bond donors (Lipinski definition) is 1. The van der Waals surface area contributed by atoms with E-state index in [4.69, 9.17) is 9.47 Å². The molecule has 3 aromatic rings. The fourth-order valence-corrected chi connectivity index (χ4v) is 2.53. The molecule has 1 N–H and O–H groups in total. The molecule has 0 saturated carbocycles. The number of imidazole rings is 1. The number of aromatic nitrogens is 2. The van der Waals surface area contributed by atoms with Gasteiger partial charge in [-0.15, -0.1) is 0 Å². The summed E-state index contributed by atoms with van der Waals surface area (Å²) in [5, 5.41) is 2.84. The van der Waals surface area contributed by atoms with Crippen molar-refractivity contribution >= 4 is 5.91 Å². The van der Waals surface area contributed by atoms with Gasteiger partial charge in [-0.3, -0.25) is 9.36 Å². The average Bonchev–Trinajstić information content (AvgIpc) is 3.16. The predicted octanol–water partition coefficient (Wildman–Crippen LogP) is 2.96. The van der Waals surface area contributed by atoms with Gasteiger partial charge in [0.2, 0.25) is 0 Å². The molecule has 0 radical (unpaired) electrons. The number of rotatable bonds is 6. The molecule has 134 valence electrons. The van der Waals surface area contributed by atoms with Crippen LogP contribution in [0, 0.1) is 5.82 Å². The molecule has 6 nitrogen and oxygen atoms in total. The number of methoxy groups -OCH3 is 2. The molecule has 26 heavy (non-hydrogen) atoms. The van der Waals surface area contributed by atoms with E-state index >= 15 is 0 Å². The van der Waals surface area contributed by atoms with E-state index in [1.54, 1.807) is 43.1 Å². The van der Waals surface area contributed by atoms with Crippen molar-refractivity contribution in [2.75, 3.05) is 14.2 Å². The molecule has 0 aliphatic carbocycles. The molecule has 1 amide bonds. The fourth-order valence-electron chi connectivity index (χ4n) is 2.53. The molecule has 1 heterocycles. The van der Waals surface area contributed by atoms with E-state index in [-0.39, 0.29) is 11.7 Å².